The summed E-state index contributed by atoms with van der Waals surface area (Å²) in [4.78, 5) is 36.6. The van der Waals surface area contributed by atoms with E-state index < -0.39 is 29.7 Å². The highest BCUT2D eigenvalue weighted by Gasteiger charge is 2.35. The Kier molecular flexibility index (Phi) is 5.13. The fourth-order valence-electron chi connectivity index (χ4n) is 2.32. The molecule has 1 aromatic heterocycles. The molecule has 1 saturated heterocycles. The first kappa shape index (κ1) is 16.1. The highest BCUT2D eigenvalue weighted by molar-refractivity contribution is 9.09. The van der Waals surface area contributed by atoms with Crippen LogP contribution in [0.3, 0.4) is 0 Å². The van der Waals surface area contributed by atoms with Crippen LogP contribution >= 0.6 is 15.9 Å². The van der Waals surface area contributed by atoms with Crippen LogP contribution in [-0.4, -0.2) is 38.0 Å². The molecular formula is C13H17BrN2O5. The van der Waals surface area contributed by atoms with Crippen molar-refractivity contribution < 1.29 is 14.6 Å². The lowest BCUT2D eigenvalue weighted by Gasteiger charge is -2.15. The van der Waals surface area contributed by atoms with Gasteiger partial charge in [-0.05, 0) is 13.3 Å². The monoisotopic (exact) mass is 360 g/mol. The molecule has 0 saturated carbocycles. The van der Waals surface area contributed by atoms with E-state index in [0.717, 1.165) is 0 Å². The van der Waals surface area contributed by atoms with Crippen LogP contribution in [0.25, 0.3) is 0 Å². The maximum atomic E-state index is 11.8. The summed E-state index contributed by atoms with van der Waals surface area (Å²) >= 11 is 3.08. The molecule has 1 fully saturated rings. The molecule has 0 aliphatic carbocycles. The number of hydrogen-bond acceptors (Lipinski definition) is 5. The van der Waals surface area contributed by atoms with Crippen molar-refractivity contribution in [3.05, 3.63) is 32.6 Å². The molecule has 2 heterocycles. The number of carbonyl (C=O) groups is 1. The molecule has 2 N–H and O–H groups in total. The van der Waals surface area contributed by atoms with Crippen molar-refractivity contribution in [1.82, 2.24) is 9.55 Å². The first-order chi connectivity index (χ1) is 9.92. The number of hydrogen-bond donors (Lipinski definition) is 2. The van der Waals surface area contributed by atoms with Gasteiger partial charge in [0.2, 0.25) is 0 Å². The number of ketones is 1. The molecule has 0 radical (unpaired) electrons. The lowest BCUT2D eigenvalue weighted by molar-refractivity contribution is -0.117. The number of aromatic amines is 1. The Bertz CT molecular complexity index is 638. The summed E-state index contributed by atoms with van der Waals surface area (Å²) < 4.78 is 6.92. The molecule has 8 heteroatoms. The fourth-order valence-corrected chi connectivity index (χ4v) is 2.60. The van der Waals surface area contributed by atoms with Crippen molar-refractivity contribution in [3.63, 3.8) is 0 Å². The highest BCUT2D eigenvalue weighted by atomic mass is 79.9. The number of halogens is 1. The average molecular weight is 361 g/mol. The number of H-pyrrole nitrogens is 1. The summed E-state index contributed by atoms with van der Waals surface area (Å²) in [6.45, 7) is 1.59. The zero-order chi connectivity index (χ0) is 15.6. The molecule has 21 heavy (non-hydrogen) atoms. The Hall–Kier alpha value is -1.25. The minimum absolute atomic E-state index is 0.0336. The number of Topliss-reactive ketones (excluding diaryl/α,β-unsaturated/α-hetero) is 1. The standard InChI is InChI=1S/C13H17BrN2O5/c1-7-6-16(13(20)15-12(7)19)11-4-9(18)10(21-11)3-2-8(17)5-14/h6,9-11,18H,2-5H2,1H3,(H,15,19,20). The van der Waals surface area contributed by atoms with Crippen molar-refractivity contribution in [2.45, 2.75) is 44.6 Å². The van der Waals surface area contributed by atoms with Gasteiger partial charge in [0.25, 0.3) is 5.56 Å². The number of aromatic nitrogens is 2. The smallest absolute Gasteiger partial charge is 0.330 e. The van der Waals surface area contributed by atoms with Gasteiger partial charge in [0, 0.05) is 24.6 Å². The van der Waals surface area contributed by atoms with E-state index in [9.17, 15) is 19.5 Å². The van der Waals surface area contributed by atoms with Gasteiger partial charge < -0.3 is 9.84 Å². The number of alkyl halides is 1. The normalized spacial score (nSPS) is 25.2. The third-order valence-electron chi connectivity index (χ3n) is 3.52. The maximum absolute atomic E-state index is 11.8. The summed E-state index contributed by atoms with van der Waals surface area (Å²) in [5.41, 5.74) is -0.611. The van der Waals surface area contributed by atoms with E-state index in [1.807, 2.05) is 0 Å². The van der Waals surface area contributed by atoms with Crippen LogP contribution in [0.2, 0.25) is 0 Å². The van der Waals surface area contributed by atoms with Crippen LogP contribution < -0.4 is 11.2 Å². The Balaban J connectivity index is 2.10. The molecule has 1 aliphatic heterocycles. The van der Waals surface area contributed by atoms with Crippen molar-refractivity contribution >= 4 is 21.7 Å². The maximum Gasteiger partial charge on any atom is 0.330 e. The SMILES string of the molecule is Cc1cn(C2CC(O)C(CCC(=O)CBr)O2)c(=O)[nH]c1=O. The number of ether oxygens (including phenoxy) is 1. The molecule has 116 valence electrons. The summed E-state index contributed by atoms with van der Waals surface area (Å²) in [6, 6.07) is 0. The van der Waals surface area contributed by atoms with E-state index in [2.05, 4.69) is 20.9 Å². The van der Waals surface area contributed by atoms with Crippen LogP contribution in [0.5, 0.6) is 0 Å². The molecule has 0 amide bonds. The topological polar surface area (TPSA) is 101 Å². The molecule has 3 unspecified atom stereocenters. The van der Waals surface area contributed by atoms with Crippen molar-refractivity contribution in [3.8, 4) is 0 Å². The number of aliphatic hydroxyl groups excluding tert-OH is 1. The first-order valence-electron chi connectivity index (χ1n) is 6.65. The van der Waals surface area contributed by atoms with E-state index in [4.69, 9.17) is 4.74 Å². The number of carbonyl (C=O) groups excluding carboxylic acids is 1. The number of aliphatic hydroxyl groups is 1. The summed E-state index contributed by atoms with van der Waals surface area (Å²) in [7, 11) is 0. The number of nitrogens with one attached hydrogen (secondary N) is 1. The molecule has 0 spiro atoms. The summed E-state index contributed by atoms with van der Waals surface area (Å²) in [5, 5.41) is 10.3. The van der Waals surface area contributed by atoms with Crippen LogP contribution in [0.4, 0.5) is 0 Å². The van der Waals surface area contributed by atoms with E-state index in [1.54, 1.807) is 6.92 Å². The van der Waals surface area contributed by atoms with Gasteiger partial charge in [-0.2, -0.15) is 0 Å². The van der Waals surface area contributed by atoms with Gasteiger partial charge in [0.05, 0.1) is 17.5 Å². The Morgan fingerprint density at radius 1 is 1.57 bits per heavy atom. The molecule has 1 aromatic rings. The summed E-state index contributed by atoms with van der Waals surface area (Å²) in [5.74, 6) is 0.0336. The van der Waals surface area contributed by atoms with Crippen LogP contribution in [-0.2, 0) is 9.53 Å². The van der Waals surface area contributed by atoms with E-state index in [0.29, 0.717) is 18.4 Å². The fraction of sp³-hybridized carbons (Fsp3) is 0.615. The average Bonchev–Trinajstić information content (AvgIpc) is 2.81. The van der Waals surface area contributed by atoms with E-state index in [1.165, 1.54) is 10.8 Å². The first-order valence-corrected chi connectivity index (χ1v) is 7.77. The Morgan fingerprint density at radius 2 is 2.29 bits per heavy atom. The molecule has 2 rings (SSSR count). The minimum atomic E-state index is -0.739. The lowest BCUT2D eigenvalue weighted by Crippen LogP contribution is -2.33. The second kappa shape index (κ2) is 6.67. The molecule has 7 nitrogen and oxygen atoms in total. The van der Waals surface area contributed by atoms with Gasteiger partial charge in [-0.3, -0.25) is 19.1 Å². The zero-order valence-corrected chi connectivity index (χ0v) is 13.1. The number of aryl methyl sites for hydroxylation is 1. The third-order valence-corrected chi connectivity index (χ3v) is 4.14. The van der Waals surface area contributed by atoms with Gasteiger partial charge in [-0.25, -0.2) is 4.79 Å². The van der Waals surface area contributed by atoms with Crippen LogP contribution in [0.15, 0.2) is 15.8 Å². The minimum Gasteiger partial charge on any atom is -0.390 e. The van der Waals surface area contributed by atoms with Gasteiger partial charge in [0.15, 0.2) is 0 Å². The quantitative estimate of drug-likeness (QED) is 0.732. The predicted octanol–water partition coefficient (Wildman–Crippen LogP) is 0.238. The van der Waals surface area contributed by atoms with Crippen molar-refractivity contribution in [2.24, 2.45) is 0 Å². The second-order valence-corrected chi connectivity index (χ2v) is 5.68. The van der Waals surface area contributed by atoms with E-state index in [-0.39, 0.29) is 17.5 Å². The molecule has 0 bridgehead atoms. The van der Waals surface area contributed by atoms with Gasteiger partial charge in [-0.1, -0.05) is 15.9 Å². The van der Waals surface area contributed by atoms with E-state index >= 15 is 0 Å². The van der Waals surface area contributed by atoms with Gasteiger partial charge in [-0.15, -0.1) is 0 Å². The molecule has 1 aliphatic rings. The Morgan fingerprint density at radius 3 is 2.95 bits per heavy atom. The predicted molar refractivity (Wildman–Crippen MR) is 78.6 cm³/mol. The third kappa shape index (κ3) is 3.69. The molecule has 0 aromatic carbocycles. The molecule has 3 atom stereocenters. The number of nitrogens with zero attached hydrogens (tertiary/aromatic N) is 1. The van der Waals surface area contributed by atoms with Crippen molar-refractivity contribution in [2.75, 3.05) is 5.33 Å². The second-order valence-electron chi connectivity index (χ2n) is 5.12. The Labute approximate surface area is 129 Å². The number of rotatable bonds is 5. The van der Waals surface area contributed by atoms with Crippen LogP contribution in [0, 0.1) is 6.92 Å². The zero-order valence-electron chi connectivity index (χ0n) is 11.5. The largest absolute Gasteiger partial charge is 0.390 e. The highest BCUT2D eigenvalue weighted by Crippen LogP contribution is 2.30. The van der Waals surface area contributed by atoms with Crippen LogP contribution in [0.1, 0.15) is 31.1 Å². The lowest BCUT2D eigenvalue weighted by atomic mass is 10.1. The van der Waals surface area contributed by atoms with Gasteiger partial charge >= 0.3 is 5.69 Å². The van der Waals surface area contributed by atoms with Crippen molar-refractivity contribution in [1.29, 1.82) is 0 Å². The molecular weight excluding hydrogens is 344 g/mol. The van der Waals surface area contributed by atoms with Gasteiger partial charge in [0.1, 0.15) is 12.0 Å². The summed E-state index contributed by atoms with van der Waals surface area (Å²) in [6.07, 6.45) is 0.517.